The Bertz CT molecular complexity index is 499. The lowest BCUT2D eigenvalue weighted by Crippen LogP contribution is -2.30. The summed E-state index contributed by atoms with van der Waals surface area (Å²) in [4.78, 5) is 33.9. The van der Waals surface area contributed by atoms with E-state index in [4.69, 9.17) is 4.74 Å². The Hall–Kier alpha value is -2.57. The maximum Gasteiger partial charge on any atom is 0.338 e. The van der Waals surface area contributed by atoms with Crippen molar-refractivity contribution in [3.05, 3.63) is 29.8 Å². The van der Waals surface area contributed by atoms with Gasteiger partial charge in [0, 0.05) is 12.2 Å². The van der Waals surface area contributed by atoms with Crippen LogP contribution in [0.4, 0.5) is 10.5 Å². The molecule has 0 atom stereocenters. The van der Waals surface area contributed by atoms with Crippen LogP contribution in [0, 0.1) is 0 Å². The number of nitrogens with one attached hydrogen (secondary N) is 2. The SMILES string of the molecule is CCOC(=O)c1ccc(NC(=O)NCCC(=O)OC)cc1. The molecule has 114 valence electrons. The van der Waals surface area contributed by atoms with Gasteiger partial charge in [-0.3, -0.25) is 4.79 Å². The van der Waals surface area contributed by atoms with E-state index in [0.717, 1.165) is 0 Å². The van der Waals surface area contributed by atoms with E-state index < -0.39 is 18.0 Å². The second-order valence-electron chi connectivity index (χ2n) is 4.00. The van der Waals surface area contributed by atoms with Crippen molar-refractivity contribution in [3.8, 4) is 0 Å². The molecule has 0 aliphatic rings. The summed E-state index contributed by atoms with van der Waals surface area (Å²) in [5.41, 5.74) is 0.937. The first-order chi connectivity index (χ1) is 10.1. The van der Waals surface area contributed by atoms with Crippen LogP contribution in [0.25, 0.3) is 0 Å². The molecule has 0 aromatic heterocycles. The number of carbonyl (C=O) groups is 3. The number of ether oxygens (including phenoxy) is 2. The number of benzene rings is 1. The molecular formula is C14H18N2O5. The third-order valence-corrected chi connectivity index (χ3v) is 2.50. The molecule has 2 amide bonds. The van der Waals surface area contributed by atoms with Crippen LogP contribution in [-0.2, 0) is 14.3 Å². The van der Waals surface area contributed by atoms with Gasteiger partial charge >= 0.3 is 18.0 Å². The van der Waals surface area contributed by atoms with E-state index in [1.54, 1.807) is 31.2 Å². The normalized spacial score (nSPS) is 9.62. The Balaban J connectivity index is 2.42. The van der Waals surface area contributed by atoms with Gasteiger partial charge in [-0.05, 0) is 31.2 Å². The van der Waals surface area contributed by atoms with Gasteiger partial charge in [0.2, 0.25) is 0 Å². The van der Waals surface area contributed by atoms with Gasteiger partial charge in [0.1, 0.15) is 0 Å². The van der Waals surface area contributed by atoms with Crippen LogP contribution in [-0.4, -0.2) is 38.2 Å². The molecule has 21 heavy (non-hydrogen) atoms. The maximum absolute atomic E-state index is 11.5. The summed E-state index contributed by atoms with van der Waals surface area (Å²) in [6.07, 6.45) is 0.103. The van der Waals surface area contributed by atoms with Crippen molar-refractivity contribution < 1.29 is 23.9 Å². The van der Waals surface area contributed by atoms with Crippen LogP contribution >= 0.6 is 0 Å². The number of carbonyl (C=O) groups excluding carboxylic acids is 3. The van der Waals surface area contributed by atoms with Gasteiger partial charge in [-0.2, -0.15) is 0 Å². The Morgan fingerprint density at radius 2 is 1.81 bits per heavy atom. The molecule has 0 saturated carbocycles. The highest BCUT2D eigenvalue weighted by molar-refractivity contribution is 5.92. The van der Waals surface area contributed by atoms with Crippen molar-refractivity contribution in [1.29, 1.82) is 0 Å². The largest absolute Gasteiger partial charge is 0.469 e. The third kappa shape index (κ3) is 5.94. The number of urea groups is 1. The van der Waals surface area contributed by atoms with Crippen molar-refractivity contribution in [2.24, 2.45) is 0 Å². The first-order valence-electron chi connectivity index (χ1n) is 6.45. The molecule has 0 aliphatic carbocycles. The first-order valence-corrected chi connectivity index (χ1v) is 6.45. The van der Waals surface area contributed by atoms with Gasteiger partial charge in [0.25, 0.3) is 0 Å². The van der Waals surface area contributed by atoms with Gasteiger partial charge in [0.05, 0.1) is 25.7 Å². The van der Waals surface area contributed by atoms with Crippen molar-refractivity contribution in [1.82, 2.24) is 5.32 Å². The second-order valence-corrected chi connectivity index (χ2v) is 4.00. The van der Waals surface area contributed by atoms with Crippen LogP contribution in [0.2, 0.25) is 0 Å². The molecule has 1 rings (SSSR count). The molecule has 0 spiro atoms. The molecule has 1 aromatic rings. The van der Waals surface area contributed by atoms with Crippen LogP contribution in [0.15, 0.2) is 24.3 Å². The van der Waals surface area contributed by atoms with Gasteiger partial charge < -0.3 is 20.1 Å². The van der Waals surface area contributed by atoms with Gasteiger partial charge in [-0.25, -0.2) is 9.59 Å². The van der Waals surface area contributed by atoms with E-state index in [0.29, 0.717) is 17.9 Å². The predicted octanol–water partition coefficient (Wildman–Crippen LogP) is 1.55. The highest BCUT2D eigenvalue weighted by Gasteiger charge is 2.07. The lowest BCUT2D eigenvalue weighted by molar-refractivity contribution is -0.140. The Morgan fingerprint density at radius 3 is 2.38 bits per heavy atom. The molecule has 7 nitrogen and oxygen atoms in total. The quantitative estimate of drug-likeness (QED) is 0.776. The first kappa shape index (κ1) is 16.5. The molecule has 0 radical (unpaired) electrons. The van der Waals surface area contributed by atoms with Crippen molar-refractivity contribution in [2.75, 3.05) is 25.6 Å². The summed E-state index contributed by atoms with van der Waals surface area (Å²) >= 11 is 0. The number of hydrogen-bond donors (Lipinski definition) is 2. The maximum atomic E-state index is 11.5. The summed E-state index contributed by atoms with van der Waals surface area (Å²) in [6.45, 7) is 2.22. The molecular weight excluding hydrogens is 276 g/mol. The number of amides is 2. The highest BCUT2D eigenvalue weighted by Crippen LogP contribution is 2.10. The zero-order chi connectivity index (χ0) is 15.7. The van der Waals surface area contributed by atoms with Crippen molar-refractivity contribution in [3.63, 3.8) is 0 Å². The summed E-state index contributed by atoms with van der Waals surface area (Å²) in [6, 6.07) is 5.85. The predicted molar refractivity (Wildman–Crippen MR) is 76.1 cm³/mol. The highest BCUT2D eigenvalue weighted by atomic mass is 16.5. The lowest BCUT2D eigenvalue weighted by atomic mass is 10.2. The Kier molecular flexibility index (Phi) is 6.73. The van der Waals surface area contributed by atoms with E-state index >= 15 is 0 Å². The summed E-state index contributed by atoms with van der Waals surface area (Å²) in [5.74, 6) is -0.805. The van der Waals surface area contributed by atoms with Crippen LogP contribution in [0.3, 0.4) is 0 Å². The zero-order valence-corrected chi connectivity index (χ0v) is 12.0. The van der Waals surface area contributed by atoms with Crippen LogP contribution in [0.5, 0.6) is 0 Å². The van der Waals surface area contributed by atoms with E-state index in [9.17, 15) is 14.4 Å². The summed E-state index contributed by atoms with van der Waals surface area (Å²) in [5, 5.41) is 5.09. The number of esters is 2. The molecule has 1 aromatic carbocycles. The summed E-state index contributed by atoms with van der Waals surface area (Å²) < 4.78 is 9.30. The van der Waals surface area contributed by atoms with Crippen LogP contribution < -0.4 is 10.6 Å². The minimum Gasteiger partial charge on any atom is -0.469 e. The third-order valence-electron chi connectivity index (χ3n) is 2.50. The fourth-order valence-electron chi connectivity index (χ4n) is 1.46. The molecule has 0 bridgehead atoms. The smallest absolute Gasteiger partial charge is 0.338 e. The molecule has 0 unspecified atom stereocenters. The van der Waals surface area contributed by atoms with Gasteiger partial charge in [-0.15, -0.1) is 0 Å². The molecule has 7 heteroatoms. The van der Waals surface area contributed by atoms with Crippen LogP contribution in [0.1, 0.15) is 23.7 Å². The monoisotopic (exact) mass is 294 g/mol. The lowest BCUT2D eigenvalue weighted by Gasteiger charge is -2.08. The van der Waals surface area contributed by atoms with Gasteiger partial charge in [-0.1, -0.05) is 0 Å². The van der Waals surface area contributed by atoms with E-state index in [-0.39, 0.29) is 13.0 Å². The van der Waals surface area contributed by atoms with Crippen molar-refractivity contribution >= 4 is 23.7 Å². The number of hydrogen-bond acceptors (Lipinski definition) is 5. The molecule has 0 fully saturated rings. The molecule has 0 heterocycles. The summed E-state index contributed by atoms with van der Waals surface area (Å²) in [7, 11) is 1.29. The Labute approximate surface area is 122 Å². The second kappa shape index (κ2) is 8.57. The van der Waals surface area contributed by atoms with E-state index in [2.05, 4.69) is 15.4 Å². The molecule has 0 saturated heterocycles. The fraction of sp³-hybridized carbons (Fsp3) is 0.357. The minimum absolute atomic E-state index is 0.103. The Morgan fingerprint density at radius 1 is 1.14 bits per heavy atom. The molecule has 2 N–H and O–H groups in total. The number of anilines is 1. The zero-order valence-electron chi connectivity index (χ0n) is 12.0. The number of methoxy groups -OCH3 is 1. The van der Waals surface area contributed by atoms with E-state index in [1.807, 2.05) is 0 Å². The molecule has 0 aliphatic heterocycles. The standard InChI is InChI=1S/C14H18N2O5/c1-3-21-13(18)10-4-6-11(7-5-10)16-14(19)15-9-8-12(17)20-2/h4-7H,3,8-9H2,1-2H3,(H2,15,16,19). The number of rotatable bonds is 6. The topological polar surface area (TPSA) is 93.7 Å². The van der Waals surface area contributed by atoms with Crippen molar-refractivity contribution in [2.45, 2.75) is 13.3 Å². The van der Waals surface area contributed by atoms with E-state index in [1.165, 1.54) is 7.11 Å². The van der Waals surface area contributed by atoms with Gasteiger partial charge in [0.15, 0.2) is 0 Å². The fourth-order valence-corrected chi connectivity index (χ4v) is 1.46. The average Bonchev–Trinajstić information content (AvgIpc) is 2.48. The minimum atomic E-state index is -0.442. The average molecular weight is 294 g/mol.